The molecule has 2 N–H and O–H groups in total. The number of benzene rings is 1. The number of methoxy groups -OCH3 is 1. The van der Waals surface area contributed by atoms with Gasteiger partial charge in [0.2, 0.25) is 0 Å². The lowest BCUT2D eigenvalue weighted by Crippen LogP contribution is -1.92. The summed E-state index contributed by atoms with van der Waals surface area (Å²) in [6.45, 7) is 0.741. The van der Waals surface area contributed by atoms with Crippen LogP contribution >= 0.6 is 11.8 Å². The first kappa shape index (κ1) is 11.3. The molecular formula is C10H14FNOS. The fourth-order valence-corrected chi connectivity index (χ4v) is 1.84. The van der Waals surface area contributed by atoms with Gasteiger partial charge >= 0.3 is 0 Å². The van der Waals surface area contributed by atoms with E-state index < -0.39 is 0 Å². The first-order valence-corrected chi connectivity index (χ1v) is 5.39. The number of hydrogen-bond acceptors (Lipinski definition) is 3. The summed E-state index contributed by atoms with van der Waals surface area (Å²) in [5.41, 5.74) is 5.56. The summed E-state index contributed by atoms with van der Waals surface area (Å²) < 4.78 is 17.9. The molecule has 2 nitrogen and oxygen atoms in total. The third-order valence-corrected chi connectivity index (χ3v) is 2.81. The number of halogens is 1. The minimum atomic E-state index is -0.346. The number of thioether (sulfide) groups is 1. The van der Waals surface area contributed by atoms with Gasteiger partial charge in [-0.3, -0.25) is 0 Å². The lowest BCUT2D eigenvalue weighted by molar-refractivity contribution is 0.200. The minimum Gasteiger partial charge on any atom is -0.396 e. The van der Waals surface area contributed by atoms with Gasteiger partial charge in [-0.15, -0.1) is 11.8 Å². The molecule has 0 atom stereocenters. The van der Waals surface area contributed by atoms with Crippen molar-refractivity contribution in [2.45, 2.75) is 11.3 Å². The van der Waals surface area contributed by atoms with Crippen LogP contribution in [0, 0.1) is 5.82 Å². The monoisotopic (exact) mass is 215 g/mol. The van der Waals surface area contributed by atoms with E-state index in [0.29, 0.717) is 0 Å². The number of hydrogen-bond donors (Lipinski definition) is 1. The van der Waals surface area contributed by atoms with E-state index in [2.05, 4.69) is 0 Å². The molecule has 0 bridgehead atoms. The van der Waals surface area contributed by atoms with Crippen LogP contribution < -0.4 is 5.73 Å². The summed E-state index contributed by atoms with van der Waals surface area (Å²) in [4.78, 5) is 0.910. The fourth-order valence-electron chi connectivity index (χ4n) is 0.991. The van der Waals surface area contributed by atoms with Gasteiger partial charge in [0.15, 0.2) is 0 Å². The first-order chi connectivity index (χ1) is 6.74. The van der Waals surface area contributed by atoms with Crippen molar-refractivity contribution in [1.29, 1.82) is 0 Å². The van der Waals surface area contributed by atoms with E-state index in [4.69, 9.17) is 10.5 Å². The Bertz CT molecular complexity index is 293. The standard InChI is InChI=1S/C10H14FNOS/c1-13-5-2-6-14-8-3-4-10(12)9(11)7-8/h3-4,7H,2,5-6,12H2,1H3. The van der Waals surface area contributed by atoms with Crippen molar-refractivity contribution in [2.24, 2.45) is 0 Å². The minimum absolute atomic E-state index is 0.200. The smallest absolute Gasteiger partial charge is 0.147 e. The SMILES string of the molecule is COCCCSc1ccc(N)c(F)c1. The molecule has 1 aromatic carbocycles. The quantitative estimate of drug-likeness (QED) is 0.466. The van der Waals surface area contributed by atoms with E-state index in [1.807, 2.05) is 6.07 Å². The van der Waals surface area contributed by atoms with Crippen LogP contribution in [0.3, 0.4) is 0 Å². The highest BCUT2D eigenvalue weighted by atomic mass is 32.2. The summed E-state index contributed by atoms with van der Waals surface area (Å²) in [6.07, 6.45) is 0.965. The highest BCUT2D eigenvalue weighted by Crippen LogP contribution is 2.22. The maximum atomic E-state index is 13.0. The van der Waals surface area contributed by atoms with Crippen LogP contribution in [0.2, 0.25) is 0 Å². The molecule has 78 valence electrons. The number of rotatable bonds is 5. The van der Waals surface area contributed by atoms with E-state index in [1.165, 1.54) is 6.07 Å². The second-order valence-corrected chi connectivity index (χ2v) is 4.05. The topological polar surface area (TPSA) is 35.2 Å². The highest BCUT2D eigenvalue weighted by molar-refractivity contribution is 7.99. The van der Waals surface area contributed by atoms with E-state index in [0.717, 1.165) is 23.7 Å². The highest BCUT2D eigenvalue weighted by Gasteiger charge is 2.00. The molecule has 0 spiro atoms. The summed E-state index contributed by atoms with van der Waals surface area (Å²) >= 11 is 1.61. The van der Waals surface area contributed by atoms with Crippen LogP contribution in [0.25, 0.3) is 0 Å². The Morgan fingerprint density at radius 3 is 2.93 bits per heavy atom. The van der Waals surface area contributed by atoms with E-state index in [9.17, 15) is 4.39 Å². The number of ether oxygens (including phenoxy) is 1. The first-order valence-electron chi connectivity index (χ1n) is 4.41. The molecule has 0 aromatic heterocycles. The molecule has 1 aromatic rings. The molecule has 0 fully saturated rings. The zero-order chi connectivity index (χ0) is 10.4. The van der Waals surface area contributed by atoms with Crippen LogP contribution in [-0.4, -0.2) is 19.5 Å². The van der Waals surface area contributed by atoms with Gasteiger partial charge in [0.1, 0.15) is 5.82 Å². The van der Waals surface area contributed by atoms with Crippen LogP contribution in [0.5, 0.6) is 0 Å². The molecule has 0 amide bonds. The second-order valence-electron chi connectivity index (χ2n) is 2.88. The van der Waals surface area contributed by atoms with Crippen molar-refractivity contribution < 1.29 is 9.13 Å². The van der Waals surface area contributed by atoms with Crippen LogP contribution in [0.15, 0.2) is 23.1 Å². The zero-order valence-electron chi connectivity index (χ0n) is 8.13. The van der Waals surface area contributed by atoms with Gasteiger partial charge in [-0.25, -0.2) is 4.39 Å². The van der Waals surface area contributed by atoms with Gasteiger partial charge in [-0.2, -0.15) is 0 Å². The van der Waals surface area contributed by atoms with Gasteiger partial charge in [-0.1, -0.05) is 0 Å². The second kappa shape index (κ2) is 5.88. The van der Waals surface area contributed by atoms with Crippen molar-refractivity contribution >= 4 is 17.4 Å². The molecule has 1 rings (SSSR count). The van der Waals surface area contributed by atoms with Crippen LogP contribution in [0.1, 0.15) is 6.42 Å². The van der Waals surface area contributed by atoms with Gasteiger partial charge in [0.25, 0.3) is 0 Å². The fraction of sp³-hybridized carbons (Fsp3) is 0.400. The van der Waals surface area contributed by atoms with Crippen molar-refractivity contribution in [1.82, 2.24) is 0 Å². The normalized spacial score (nSPS) is 10.4. The Labute approximate surface area is 87.6 Å². The van der Waals surface area contributed by atoms with Crippen LogP contribution in [0.4, 0.5) is 10.1 Å². The van der Waals surface area contributed by atoms with Crippen LogP contribution in [-0.2, 0) is 4.74 Å². The summed E-state index contributed by atoms with van der Waals surface area (Å²) in [7, 11) is 1.67. The Hall–Kier alpha value is -0.740. The van der Waals surface area contributed by atoms with Crippen molar-refractivity contribution in [3.8, 4) is 0 Å². The molecule has 4 heteroatoms. The Morgan fingerprint density at radius 1 is 1.50 bits per heavy atom. The molecule has 0 saturated heterocycles. The Morgan fingerprint density at radius 2 is 2.29 bits per heavy atom. The number of nitrogens with two attached hydrogens (primary N) is 1. The number of anilines is 1. The predicted octanol–water partition coefficient (Wildman–Crippen LogP) is 2.54. The van der Waals surface area contributed by atoms with E-state index in [-0.39, 0.29) is 11.5 Å². The molecule has 0 saturated carbocycles. The molecule has 0 aliphatic rings. The van der Waals surface area contributed by atoms with Gasteiger partial charge < -0.3 is 10.5 Å². The van der Waals surface area contributed by atoms with Gasteiger partial charge in [-0.05, 0) is 24.6 Å². The van der Waals surface area contributed by atoms with E-state index in [1.54, 1.807) is 24.9 Å². The average Bonchev–Trinajstić information content (AvgIpc) is 2.18. The molecule has 0 aliphatic carbocycles. The third-order valence-electron chi connectivity index (χ3n) is 1.73. The van der Waals surface area contributed by atoms with Gasteiger partial charge in [0.05, 0.1) is 5.69 Å². The Kier molecular flexibility index (Phi) is 4.76. The lowest BCUT2D eigenvalue weighted by Gasteiger charge is -2.02. The van der Waals surface area contributed by atoms with Crippen molar-refractivity contribution in [3.63, 3.8) is 0 Å². The summed E-state index contributed by atoms with van der Waals surface area (Å²) in [5, 5.41) is 0. The molecule has 0 unspecified atom stereocenters. The summed E-state index contributed by atoms with van der Waals surface area (Å²) in [5.74, 6) is 0.582. The van der Waals surface area contributed by atoms with Crippen molar-refractivity contribution in [2.75, 3.05) is 25.2 Å². The average molecular weight is 215 g/mol. The molecule has 0 radical (unpaired) electrons. The maximum absolute atomic E-state index is 13.0. The maximum Gasteiger partial charge on any atom is 0.147 e. The largest absolute Gasteiger partial charge is 0.396 e. The summed E-state index contributed by atoms with van der Waals surface area (Å²) in [6, 6.07) is 4.89. The molecule has 0 heterocycles. The lowest BCUT2D eigenvalue weighted by atomic mass is 10.3. The van der Waals surface area contributed by atoms with Crippen molar-refractivity contribution in [3.05, 3.63) is 24.0 Å². The van der Waals surface area contributed by atoms with Gasteiger partial charge in [0, 0.05) is 24.4 Å². The molecular weight excluding hydrogens is 201 g/mol. The molecule has 0 aliphatic heterocycles. The van der Waals surface area contributed by atoms with E-state index >= 15 is 0 Å². The number of nitrogen functional groups attached to an aromatic ring is 1. The molecule has 14 heavy (non-hydrogen) atoms. The Balaban J connectivity index is 2.39. The predicted molar refractivity (Wildman–Crippen MR) is 58.0 cm³/mol. The third kappa shape index (κ3) is 3.55. The zero-order valence-corrected chi connectivity index (χ0v) is 8.94.